The molecule has 34 heavy (non-hydrogen) atoms. The summed E-state index contributed by atoms with van der Waals surface area (Å²) in [6, 6.07) is 6.75. The lowest BCUT2D eigenvalue weighted by Gasteiger charge is -2.16. The number of nitrogens with one attached hydrogen (secondary N) is 2. The maximum absolute atomic E-state index is 13.5. The molecule has 0 bridgehead atoms. The Morgan fingerprint density at radius 2 is 2.09 bits per heavy atom. The van der Waals surface area contributed by atoms with Crippen LogP contribution in [-0.4, -0.2) is 70.9 Å². The first-order chi connectivity index (χ1) is 16.6. The van der Waals surface area contributed by atoms with Gasteiger partial charge in [0.1, 0.15) is 17.5 Å². The fourth-order valence-corrected chi connectivity index (χ4v) is 5.34. The minimum Gasteiger partial charge on any atom is -0.383 e. The van der Waals surface area contributed by atoms with E-state index in [2.05, 4.69) is 20.5 Å². The summed E-state index contributed by atoms with van der Waals surface area (Å²) < 4.78 is 21.8. The second kappa shape index (κ2) is 10.2. The number of likely N-dealkylation sites (tertiary alicyclic amines) is 1. The standard InChI is InChI=1S/C24H30FN7OS/c1-31-20-4-3-17(25)13-19(20)28-21(31)5-8-26-23-22-18(7-12-34-22)29-24(30-23)27-14-16-6-9-32(15-16)10-11-33-2/h3-4,7,12-13,16H,5-6,8-11,14-15H2,1-2H3,(H2,26,27,29,30). The van der Waals surface area contributed by atoms with E-state index < -0.39 is 0 Å². The highest BCUT2D eigenvalue weighted by Crippen LogP contribution is 2.28. The Hall–Kier alpha value is -2.82. The van der Waals surface area contributed by atoms with Crippen LogP contribution in [0.3, 0.4) is 0 Å². The molecule has 180 valence electrons. The molecule has 4 aromatic rings. The van der Waals surface area contributed by atoms with Gasteiger partial charge in [0.15, 0.2) is 0 Å². The molecule has 0 saturated carbocycles. The molecule has 0 amide bonds. The number of hydrogen-bond donors (Lipinski definition) is 2. The van der Waals surface area contributed by atoms with Gasteiger partial charge in [-0.3, -0.25) is 0 Å². The number of ether oxygens (including phenoxy) is 1. The van der Waals surface area contributed by atoms with Gasteiger partial charge in [0.25, 0.3) is 0 Å². The van der Waals surface area contributed by atoms with Crippen molar-refractivity contribution >= 4 is 44.4 Å². The van der Waals surface area contributed by atoms with Crippen molar-refractivity contribution in [1.82, 2.24) is 24.4 Å². The number of anilines is 2. The molecule has 0 radical (unpaired) electrons. The Morgan fingerprint density at radius 3 is 2.97 bits per heavy atom. The fraction of sp³-hybridized carbons (Fsp3) is 0.458. The lowest BCUT2D eigenvalue weighted by atomic mass is 10.1. The molecule has 10 heteroatoms. The van der Waals surface area contributed by atoms with Gasteiger partial charge in [-0.2, -0.15) is 4.98 Å². The molecule has 1 aliphatic heterocycles. The largest absolute Gasteiger partial charge is 0.383 e. The number of benzene rings is 1. The minimum absolute atomic E-state index is 0.267. The number of halogens is 1. The zero-order valence-corrected chi connectivity index (χ0v) is 20.4. The Labute approximate surface area is 202 Å². The third-order valence-electron chi connectivity index (χ3n) is 6.41. The maximum atomic E-state index is 13.5. The SMILES string of the molecule is COCCN1CCC(CNc2nc(NCCc3nc4cc(F)ccc4n3C)c3sccc3n2)C1. The number of aryl methyl sites for hydroxylation is 1. The molecule has 8 nitrogen and oxygen atoms in total. The van der Waals surface area contributed by atoms with Gasteiger partial charge in [0.05, 0.1) is 27.9 Å². The van der Waals surface area contributed by atoms with E-state index in [0.29, 0.717) is 30.3 Å². The molecule has 0 spiro atoms. The molecule has 0 aliphatic carbocycles. The summed E-state index contributed by atoms with van der Waals surface area (Å²) in [6.45, 7) is 5.47. The van der Waals surface area contributed by atoms with Gasteiger partial charge in [0.2, 0.25) is 5.95 Å². The van der Waals surface area contributed by atoms with Crippen LogP contribution >= 0.6 is 11.3 Å². The minimum atomic E-state index is -0.267. The molecule has 2 N–H and O–H groups in total. The summed E-state index contributed by atoms with van der Waals surface area (Å²) in [5.74, 6) is 2.71. The van der Waals surface area contributed by atoms with Crippen molar-refractivity contribution in [2.45, 2.75) is 12.8 Å². The molecular weight excluding hydrogens is 453 g/mol. The quantitative estimate of drug-likeness (QED) is 0.356. The lowest BCUT2D eigenvalue weighted by molar-refractivity contribution is 0.159. The van der Waals surface area contributed by atoms with Crippen LogP contribution in [0.4, 0.5) is 16.2 Å². The van der Waals surface area contributed by atoms with Crippen molar-refractivity contribution in [3.63, 3.8) is 0 Å². The number of hydrogen-bond acceptors (Lipinski definition) is 8. The highest BCUT2D eigenvalue weighted by atomic mass is 32.1. The van der Waals surface area contributed by atoms with Crippen molar-refractivity contribution in [3.05, 3.63) is 41.3 Å². The molecule has 1 fully saturated rings. The van der Waals surface area contributed by atoms with Gasteiger partial charge in [-0.1, -0.05) is 0 Å². The van der Waals surface area contributed by atoms with Crippen molar-refractivity contribution in [3.8, 4) is 0 Å². The average molecular weight is 484 g/mol. The summed E-state index contributed by atoms with van der Waals surface area (Å²) in [5, 5.41) is 8.97. The van der Waals surface area contributed by atoms with Crippen LogP contribution in [0.2, 0.25) is 0 Å². The molecule has 1 atom stereocenters. The van der Waals surface area contributed by atoms with Gasteiger partial charge in [-0.05, 0) is 42.5 Å². The monoisotopic (exact) mass is 483 g/mol. The van der Waals surface area contributed by atoms with Crippen LogP contribution in [0.15, 0.2) is 29.6 Å². The molecule has 1 saturated heterocycles. The van der Waals surface area contributed by atoms with Gasteiger partial charge >= 0.3 is 0 Å². The highest BCUT2D eigenvalue weighted by Gasteiger charge is 2.22. The van der Waals surface area contributed by atoms with E-state index in [-0.39, 0.29) is 5.82 Å². The summed E-state index contributed by atoms with van der Waals surface area (Å²) in [6.07, 6.45) is 1.87. The van der Waals surface area contributed by atoms with Crippen LogP contribution in [0.25, 0.3) is 21.3 Å². The third-order valence-corrected chi connectivity index (χ3v) is 7.32. The van der Waals surface area contributed by atoms with Crippen LogP contribution in [0.5, 0.6) is 0 Å². The number of imidazole rings is 1. The van der Waals surface area contributed by atoms with Gasteiger partial charge in [-0.25, -0.2) is 14.4 Å². The van der Waals surface area contributed by atoms with Gasteiger partial charge < -0.3 is 24.8 Å². The van der Waals surface area contributed by atoms with E-state index in [9.17, 15) is 4.39 Å². The molecule has 4 heterocycles. The average Bonchev–Trinajstić information content (AvgIpc) is 3.56. The predicted molar refractivity (Wildman–Crippen MR) is 135 cm³/mol. The van der Waals surface area contributed by atoms with Crippen LogP contribution in [0, 0.1) is 11.7 Å². The second-order valence-electron chi connectivity index (χ2n) is 8.76. The Bertz CT molecular complexity index is 1270. The first-order valence-corrected chi connectivity index (χ1v) is 12.5. The highest BCUT2D eigenvalue weighted by molar-refractivity contribution is 7.17. The number of aromatic nitrogens is 4. The van der Waals surface area contributed by atoms with E-state index in [0.717, 1.165) is 60.2 Å². The summed E-state index contributed by atoms with van der Waals surface area (Å²) in [7, 11) is 3.71. The number of nitrogens with zero attached hydrogens (tertiary/aromatic N) is 5. The molecule has 1 aliphatic rings. The maximum Gasteiger partial charge on any atom is 0.225 e. The van der Waals surface area contributed by atoms with Crippen molar-refractivity contribution in [2.24, 2.45) is 13.0 Å². The lowest BCUT2D eigenvalue weighted by Crippen LogP contribution is -2.26. The number of thiophene rings is 1. The van der Waals surface area contributed by atoms with Gasteiger partial charge in [-0.15, -0.1) is 11.3 Å². The van der Waals surface area contributed by atoms with Crippen LogP contribution in [-0.2, 0) is 18.2 Å². The first-order valence-electron chi connectivity index (χ1n) is 11.7. The van der Waals surface area contributed by atoms with Crippen molar-refractivity contribution in [1.29, 1.82) is 0 Å². The Morgan fingerprint density at radius 1 is 1.18 bits per heavy atom. The zero-order valence-electron chi connectivity index (χ0n) is 19.6. The molecule has 1 unspecified atom stereocenters. The fourth-order valence-electron chi connectivity index (χ4n) is 4.54. The molecule has 5 rings (SSSR count). The predicted octanol–water partition coefficient (Wildman–Crippen LogP) is 3.75. The summed E-state index contributed by atoms with van der Waals surface area (Å²) in [5.41, 5.74) is 2.55. The number of rotatable bonds is 10. The first kappa shape index (κ1) is 22.9. The van der Waals surface area contributed by atoms with Crippen LogP contribution < -0.4 is 10.6 Å². The Kier molecular flexibility index (Phi) is 6.89. The van der Waals surface area contributed by atoms with E-state index in [1.165, 1.54) is 18.6 Å². The van der Waals surface area contributed by atoms with Crippen LogP contribution in [0.1, 0.15) is 12.2 Å². The van der Waals surface area contributed by atoms with E-state index in [4.69, 9.17) is 14.7 Å². The third kappa shape index (κ3) is 4.98. The number of fused-ring (bicyclic) bond motifs is 2. The number of methoxy groups -OCH3 is 1. The summed E-state index contributed by atoms with van der Waals surface area (Å²) >= 11 is 1.63. The van der Waals surface area contributed by atoms with E-state index in [1.54, 1.807) is 24.5 Å². The molecular formula is C24H30FN7OS. The Balaban J connectivity index is 1.22. The van der Waals surface area contributed by atoms with E-state index >= 15 is 0 Å². The normalized spacial score (nSPS) is 16.6. The summed E-state index contributed by atoms with van der Waals surface area (Å²) in [4.78, 5) is 16.5. The molecule has 3 aromatic heterocycles. The molecule has 1 aromatic carbocycles. The topological polar surface area (TPSA) is 80.1 Å². The smallest absolute Gasteiger partial charge is 0.225 e. The zero-order chi connectivity index (χ0) is 23.5. The van der Waals surface area contributed by atoms with Crippen molar-refractivity contribution < 1.29 is 9.13 Å². The van der Waals surface area contributed by atoms with Crippen molar-refractivity contribution in [2.75, 3.05) is 57.1 Å². The van der Waals surface area contributed by atoms with E-state index in [1.807, 2.05) is 23.1 Å². The second-order valence-corrected chi connectivity index (χ2v) is 9.67. The van der Waals surface area contributed by atoms with Gasteiger partial charge in [0, 0.05) is 52.8 Å².